The number of hydrogen-bond acceptors (Lipinski definition) is 3. The molecule has 2 N–H and O–H groups in total. The highest BCUT2D eigenvalue weighted by molar-refractivity contribution is 5.92. The van der Waals surface area contributed by atoms with Gasteiger partial charge in [0.2, 0.25) is 0 Å². The monoisotopic (exact) mass is 421 g/mol. The molecular weight excluding hydrogens is 401 g/mol. The van der Waals surface area contributed by atoms with E-state index in [0.29, 0.717) is 0 Å². The topological polar surface area (TPSA) is 70.2 Å². The van der Waals surface area contributed by atoms with Crippen molar-refractivity contribution < 1.29 is 4.39 Å². The molecule has 0 atom stereocenters. The number of H-pyrrole nitrogens is 2. The van der Waals surface area contributed by atoms with Crippen LogP contribution in [0.1, 0.15) is 16.8 Å². The highest BCUT2D eigenvalue weighted by Gasteiger charge is 2.17. The highest BCUT2D eigenvalue weighted by Crippen LogP contribution is 2.33. The van der Waals surface area contributed by atoms with Crippen molar-refractivity contribution in [3.05, 3.63) is 108 Å². The Morgan fingerprint density at radius 2 is 1.91 bits per heavy atom. The number of benzene rings is 1. The van der Waals surface area contributed by atoms with E-state index in [9.17, 15) is 4.39 Å². The molecule has 32 heavy (non-hydrogen) atoms. The van der Waals surface area contributed by atoms with Crippen LogP contribution in [0.4, 0.5) is 4.39 Å². The summed E-state index contributed by atoms with van der Waals surface area (Å²) < 4.78 is 13.9. The van der Waals surface area contributed by atoms with E-state index in [4.69, 9.17) is 4.98 Å². The summed E-state index contributed by atoms with van der Waals surface area (Å²) in [7, 11) is 0. The number of aryl methyl sites for hydroxylation is 1. The van der Waals surface area contributed by atoms with Crippen molar-refractivity contribution in [1.29, 1.82) is 0 Å². The third kappa shape index (κ3) is 3.52. The lowest BCUT2D eigenvalue weighted by Crippen LogP contribution is -1.89. The van der Waals surface area contributed by atoms with Crippen molar-refractivity contribution >= 4 is 16.6 Å². The Hall–Kier alpha value is -4.32. The summed E-state index contributed by atoms with van der Waals surface area (Å²) in [5, 5.41) is 7.58. The fourth-order valence-corrected chi connectivity index (χ4v) is 3.85. The van der Waals surface area contributed by atoms with Crippen LogP contribution < -0.4 is 0 Å². The Kier molecular flexibility index (Phi) is 4.95. The molecule has 156 valence electrons. The Balaban J connectivity index is 1.62. The smallest absolute Gasteiger partial charge is 0.135 e. The number of fused-ring (bicyclic) bond motifs is 1. The standard InChI is InChI=1S/C26H20FN5/c1-3-5-20(18-6-4-7-19(27)14-18)21-15-24(29-16(21)2)26-25-23(31-32-26)9-8-22(30-25)17-10-12-28-13-11-17/h3-15,29H,1H2,2H3,(H,31,32)/b20-5-. The molecule has 0 amide bonds. The van der Waals surface area contributed by atoms with Crippen LogP contribution in [0, 0.1) is 12.7 Å². The Labute approximate surface area is 184 Å². The summed E-state index contributed by atoms with van der Waals surface area (Å²) in [6.07, 6.45) is 7.09. The minimum absolute atomic E-state index is 0.281. The molecule has 0 fully saturated rings. The molecule has 5 rings (SSSR count). The van der Waals surface area contributed by atoms with Crippen molar-refractivity contribution in [2.75, 3.05) is 0 Å². The van der Waals surface area contributed by atoms with Gasteiger partial charge in [-0.15, -0.1) is 0 Å². The van der Waals surface area contributed by atoms with Crippen LogP contribution in [0.5, 0.6) is 0 Å². The van der Waals surface area contributed by atoms with Crippen LogP contribution in [-0.4, -0.2) is 25.1 Å². The lowest BCUT2D eigenvalue weighted by atomic mass is 9.97. The fourth-order valence-electron chi connectivity index (χ4n) is 3.85. The Morgan fingerprint density at radius 3 is 2.69 bits per heavy atom. The number of aromatic nitrogens is 5. The van der Waals surface area contributed by atoms with Gasteiger partial charge in [0.05, 0.1) is 16.9 Å². The lowest BCUT2D eigenvalue weighted by Gasteiger charge is -2.07. The largest absolute Gasteiger partial charge is 0.357 e. The molecule has 6 heteroatoms. The van der Waals surface area contributed by atoms with E-state index in [1.807, 2.05) is 49.4 Å². The molecule has 0 saturated heterocycles. The molecule has 0 radical (unpaired) electrons. The predicted octanol–water partition coefficient (Wildman–Crippen LogP) is 6.08. The number of nitrogens with one attached hydrogen (secondary N) is 2. The first-order chi connectivity index (χ1) is 15.6. The molecule has 5 nitrogen and oxygen atoms in total. The Bertz CT molecular complexity index is 1460. The number of rotatable bonds is 5. The molecule has 4 aromatic heterocycles. The van der Waals surface area contributed by atoms with Crippen LogP contribution in [-0.2, 0) is 0 Å². The molecule has 5 aromatic rings. The second kappa shape index (κ2) is 8.07. The zero-order chi connectivity index (χ0) is 22.1. The third-order valence-corrected chi connectivity index (χ3v) is 5.36. The SMILES string of the molecule is C=C/C=C(/c1cccc(F)c1)c1cc(-c2n[nH]c3ccc(-c4ccncc4)nc23)[nH]c1C. The van der Waals surface area contributed by atoms with Gasteiger partial charge in [0, 0.05) is 29.2 Å². The van der Waals surface area contributed by atoms with Gasteiger partial charge in [-0.25, -0.2) is 9.37 Å². The predicted molar refractivity (Wildman–Crippen MR) is 125 cm³/mol. The molecule has 0 unspecified atom stereocenters. The fraction of sp³-hybridized carbons (Fsp3) is 0.0385. The van der Waals surface area contributed by atoms with E-state index in [1.165, 1.54) is 12.1 Å². The van der Waals surface area contributed by atoms with Crippen LogP contribution in [0.2, 0.25) is 0 Å². The van der Waals surface area contributed by atoms with Crippen molar-refractivity contribution in [3.8, 4) is 22.6 Å². The number of hydrogen-bond donors (Lipinski definition) is 2. The van der Waals surface area contributed by atoms with Crippen molar-refractivity contribution in [3.63, 3.8) is 0 Å². The van der Waals surface area contributed by atoms with E-state index in [0.717, 1.165) is 56.1 Å². The quantitative estimate of drug-likeness (QED) is 0.338. The molecule has 0 spiro atoms. The molecule has 1 aromatic carbocycles. The van der Waals surface area contributed by atoms with Gasteiger partial charge in [0.15, 0.2) is 0 Å². The maximum atomic E-state index is 13.9. The first-order valence-corrected chi connectivity index (χ1v) is 10.2. The highest BCUT2D eigenvalue weighted by atomic mass is 19.1. The van der Waals surface area contributed by atoms with Crippen molar-refractivity contribution in [1.82, 2.24) is 25.1 Å². The number of aromatic amines is 2. The summed E-state index contributed by atoms with van der Waals surface area (Å²) in [6, 6.07) is 16.4. The van der Waals surface area contributed by atoms with E-state index < -0.39 is 0 Å². The maximum absolute atomic E-state index is 13.9. The normalized spacial score (nSPS) is 11.8. The number of pyridine rings is 2. The summed E-state index contributed by atoms with van der Waals surface area (Å²) in [6.45, 7) is 5.81. The summed E-state index contributed by atoms with van der Waals surface area (Å²) in [5.41, 5.74) is 8.56. The molecular formula is C26H20FN5. The zero-order valence-electron chi connectivity index (χ0n) is 17.4. The van der Waals surface area contributed by atoms with E-state index >= 15 is 0 Å². The van der Waals surface area contributed by atoms with Gasteiger partial charge in [0.1, 0.15) is 17.0 Å². The zero-order valence-corrected chi connectivity index (χ0v) is 17.4. The number of halogens is 1. The van der Waals surface area contributed by atoms with E-state index in [-0.39, 0.29) is 5.82 Å². The van der Waals surface area contributed by atoms with Crippen LogP contribution in [0.25, 0.3) is 39.3 Å². The van der Waals surface area contributed by atoms with Crippen LogP contribution in [0.15, 0.2) is 85.7 Å². The average molecular weight is 421 g/mol. The molecule has 0 bridgehead atoms. The molecule has 0 aliphatic heterocycles. The van der Waals surface area contributed by atoms with Gasteiger partial charge in [0.25, 0.3) is 0 Å². The van der Waals surface area contributed by atoms with E-state index in [2.05, 4.69) is 26.7 Å². The second-order valence-electron chi connectivity index (χ2n) is 7.45. The second-order valence-corrected chi connectivity index (χ2v) is 7.45. The van der Waals surface area contributed by atoms with Crippen molar-refractivity contribution in [2.24, 2.45) is 0 Å². The third-order valence-electron chi connectivity index (χ3n) is 5.36. The van der Waals surface area contributed by atoms with Gasteiger partial charge in [-0.05, 0) is 60.5 Å². The summed E-state index contributed by atoms with van der Waals surface area (Å²) >= 11 is 0. The van der Waals surface area contributed by atoms with Gasteiger partial charge in [-0.3, -0.25) is 10.1 Å². The first-order valence-electron chi connectivity index (χ1n) is 10.2. The van der Waals surface area contributed by atoms with Gasteiger partial charge in [-0.2, -0.15) is 5.10 Å². The van der Waals surface area contributed by atoms with Crippen LogP contribution >= 0.6 is 0 Å². The molecule has 0 aliphatic carbocycles. The van der Waals surface area contributed by atoms with Crippen LogP contribution in [0.3, 0.4) is 0 Å². The van der Waals surface area contributed by atoms with Gasteiger partial charge in [-0.1, -0.05) is 30.9 Å². The minimum Gasteiger partial charge on any atom is -0.357 e. The van der Waals surface area contributed by atoms with Gasteiger partial charge < -0.3 is 4.98 Å². The molecule has 0 saturated carbocycles. The first kappa shape index (κ1) is 19.6. The average Bonchev–Trinajstić information content (AvgIpc) is 3.41. The maximum Gasteiger partial charge on any atom is 0.135 e. The van der Waals surface area contributed by atoms with Crippen molar-refractivity contribution in [2.45, 2.75) is 6.92 Å². The minimum atomic E-state index is -0.281. The Morgan fingerprint density at radius 1 is 1.06 bits per heavy atom. The summed E-state index contributed by atoms with van der Waals surface area (Å²) in [4.78, 5) is 12.3. The van der Waals surface area contributed by atoms with E-state index in [1.54, 1.807) is 24.5 Å². The number of nitrogens with zero attached hydrogens (tertiary/aromatic N) is 3. The molecule has 4 heterocycles. The summed E-state index contributed by atoms with van der Waals surface area (Å²) in [5.74, 6) is -0.281. The molecule has 0 aliphatic rings. The number of allylic oxidation sites excluding steroid dienone is 2. The van der Waals surface area contributed by atoms with Gasteiger partial charge >= 0.3 is 0 Å². The lowest BCUT2D eigenvalue weighted by molar-refractivity contribution is 0.627.